The predicted octanol–water partition coefficient (Wildman–Crippen LogP) is 2.24. The topological polar surface area (TPSA) is 88.1 Å². The summed E-state index contributed by atoms with van der Waals surface area (Å²) >= 11 is 0. The molecule has 0 aliphatic carbocycles. The Hall–Kier alpha value is -2.89. The number of carboxylic acids is 1. The monoisotopic (exact) mass is 269 g/mol. The molecule has 0 atom stereocenters. The van der Waals surface area contributed by atoms with Crippen molar-refractivity contribution in [1.82, 2.24) is 15.2 Å². The van der Waals surface area contributed by atoms with Crippen molar-refractivity contribution in [2.24, 2.45) is 0 Å². The van der Waals surface area contributed by atoms with E-state index in [0.717, 1.165) is 10.9 Å². The van der Waals surface area contributed by atoms with Gasteiger partial charge in [-0.05, 0) is 30.3 Å². The lowest BCUT2D eigenvalue weighted by molar-refractivity contribution is 0.0690. The van der Waals surface area contributed by atoms with E-state index in [9.17, 15) is 4.79 Å². The molecule has 6 nitrogen and oxygen atoms in total. The van der Waals surface area contributed by atoms with Crippen LogP contribution in [0.3, 0.4) is 0 Å². The second-order valence-electron chi connectivity index (χ2n) is 4.23. The van der Waals surface area contributed by atoms with E-state index in [1.807, 2.05) is 30.3 Å². The molecule has 2 aromatic heterocycles. The van der Waals surface area contributed by atoms with Crippen molar-refractivity contribution in [2.45, 2.75) is 6.61 Å². The Morgan fingerprint density at radius 2 is 2.20 bits per heavy atom. The molecule has 2 heterocycles. The van der Waals surface area contributed by atoms with E-state index in [0.29, 0.717) is 11.4 Å². The zero-order chi connectivity index (χ0) is 13.9. The summed E-state index contributed by atoms with van der Waals surface area (Å²) < 4.78 is 5.60. The maximum absolute atomic E-state index is 10.7. The second-order valence-corrected chi connectivity index (χ2v) is 4.23. The fourth-order valence-corrected chi connectivity index (χ4v) is 1.85. The highest BCUT2D eigenvalue weighted by Gasteiger charge is 2.08. The van der Waals surface area contributed by atoms with E-state index in [1.54, 1.807) is 6.20 Å². The molecule has 0 fully saturated rings. The summed E-state index contributed by atoms with van der Waals surface area (Å²) in [6.45, 7) is 0.228. The molecule has 0 unspecified atom stereocenters. The number of carbonyl (C=O) groups is 1. The molecular weight excluding hydrogens is 258 g/mol. The lowest BCUT2D eigenvalue weighted by Crippen LogP contribution is -1.96. The highest BCUT2D eigenvalue weighted by Crippen LogP contribution is 2.19. The summed E-state index contributed by atoms with van der Waals surface area (Å²) in [7, 11) is 0. The fourth-order valence-electron chi connectivity index (χ4n) is 1.85. The van der Waals surface area contributed by atoms with E-state index in [4.69, 9.17) is 9.84 Å². The third-order valence-electron chi connectivity index (χ3n) is 2.82. The van der Waals surface area contributed by atoms with Crippen molar-refractivity contribution < 1.29 is 14.6 Å². The zero-order valence-corrected chi connectivity index (χ0v) is 10.4. The van der Waals surface area contributed by atoms with Crippen molar-refractivity contribution in [3.8, 4) is 5.75 Å². The van der Waals surface area contributed by atoms with Crippen LogP contribution in [0.2, 0.25) is 0 Å². The Morgan fingerprint density at radius 1 is 1.30 bits per heavy atom. The van der Waals surface area contributed by atoms with Gasteiger partial charge < -0.3 is 9.84 Å². The van der Waals surface area contributed by atoms with Gasteiger partial charge in [0.05, 0.1) is 11.2 Å². The summed E-state index contributed by atoms with van der Waals surface area (Å²) in [5.74, 6) is -0.374. The zero-order valence-electron chi connectivity index (χ0n) is 10.4. The molecule has 20 heavy (non-hydrogen) atoms. The largest absolute Gasteiger partial charge is 0.487 e. The molecule has 1 aromatic carbocycles. The lowest BCUT2D eigenvalue weighted by Gasteiger charge is -2.05. The molecule has 6 heteroatoms. The van der Waals surface area contributed by atoms with E-state index < -0.39 is 5.97 Å². The lowest BCUT2D eigenvalue weighted by atomic mass is 10.2. The first-order chi connectivity index (χ1) is 9.72. The van der Waals surface area contributed by atoms with Gasteiger partial charge in [0, 0.05) is 11.6 Å². The molecule has 0 bridgehead atoms. The van der Waals surface area contributed by atoms with Gasteiger partial charge in [-0.2, -0.15) is 5.10 Å². The Balaban J connectivity index is 1.74. The first kappa shape index (κ1) is 12.2. The van der Waals surface area contributed by atoms with Gasteiger partial charge in [-0.3, -0.25) is 10.1 Å². The van der Waals surface area contributed by atoms with Gasteiger partial charge in [0.25, 0.3) is 0 Å². The number of hydrogen-bond donors (Lipinski definition) is 2. The average Bonchev–Trinajstić information content (AvgIpc) is 2.94. The van der Waals surface area contributed by atoms with Crippen LogP contribution in [-0.2, 0) is 6.61 Å². The molecule has 100 valence electrons. The number of benzene rings is 1. The predicted molar refractivity (Wildman–Crippen MR) is 71.6 cm³/mol. The molecular formula is C14H11N3O3. The quantitative estimate of drug-likeness (QED) is 0.758. The molecule has 0 aliphatic heterocycles. The maximum atomic E-state index is 10.7. The van der Waals surface area contributed by atoms with Crippen LogP contribution in [0.4, 0.5) is 0 Å². The van der Waals surface area contributed by atoms with Crippen molar-refractivity contribution in [1.29, 1.82) is 0 Å². The minimum absolute atomic E-state index is 0.0219. The number of carboxylic acid groups (broad SMARTS) is 1. The minimum atomic E-state index is -1.07. The van der Waals surface area contributed by atoms with Crippen LogP contribution in [0.25, 0.3) is 10.9 Å². The molecule has 0 spiro atoms. The number of hydrogen-bond acceptors (Lipinski definition) is 4. The maximum Gasteiger partial charge on any atom is 0.356 e. The van der Waals surface area contributed by atoms with Crippen molar-refractivity contribution in [3.63, 3.8) is 0 Å². The molecule has 0 radical (unpaired) electrons. The fraction of sp³-hybridized carbons (Fsp3) is 0.0714. The van der Waals surface area contributed by atoms with Crippen molar-refractivity contribution in [3.05, 3.63) is 54.0 Å². The van der Waals surface area contributed by atoms with Crippen LogP contribution in [0.5, 0.6) is 5.75 Å². The van der Waals surface area contributed by atoms with E-state index in [2.05, 4.69) is 15.2 Å². The second kappa shape index (κ2) is 5.00. The van der Waals surface area contributed by atoms with E-state index >= 15 is 0 Å². The summed E-state index contributed by atoms with van der Waals surface area (Å²) in [5, 5.41) is 16.0. The molecule has 3 rings (SSSR count). The number of rotatable bonds is 4. The molecule has 0 aliphatic rings. The normalized spacial score (nSPS) is 10.6. The van der Waals surface area contributed by atoms with Crippen LogP contribution in [0, 0.1) is 0 Å². The average molecular weight is 269 g/mol. The summed E-state index contributed by atoms with van der Waals surface area (Å²) in [5.41, 5.74) is 1.48. The molecule has 0 saturated heterocycles. The molecule has 0 saturated carbocycles. The Kier molecular flexibility index (Phi) is 3.04. The van der Waals surface area contributed by atoms with Crippen LogP contribution < -0.4 is 4.74 Å². The molecule has 0 amide bonds. The van der Waals surface area contributed by atoms with Gasteiger partial charge in [-0.25, -0.2) is 4.79 Å². The van der Waals surface area contributed by atoms with E-state index in [-0.39, 0.29) is 12.3 Å². The van der Waals surface area contributed by atoms with Crippen molar-refractivity contribution in [2.75, 3.05) is 0 Å². The molecule has 3 aromatic rings. The minimum Gasteiger partial charge on any atom is -0.487 e. The van der Waals surface area contributed by atoms with Gasteiger partial charge in [0.15, 0.2) is 5.69 Å². The first-order valence-electron chi connectivity index (χ1n) is 5.97. The van der Waals surface area contributed by atoms with Gasteiger partial charge in [-0.15, -0.1) is 0 Å². The third-order valence-corrected chi connectivity index (χ3v) is 2.82. The summed E-state index contributed by atoms with van der Waals surface area (Å²) in [4.78, 5) is 14.9. The van der Waals surface area contributed by atoms with Crippen LogP contribution in [-0.4, -0.2) is 26.3 Å². The number of aromatic nitrogens is 3. The van der Waals surface area contributed by atoms with Gasteiger partial charge in [-0.1, -0.05) is 6.07 Å². The van der Waals surface area contributed by atoms with Gasteiger partial charge in [0.2, 0.25) is 0 Å². The Bertz CT molecular complexity index is 767. The van der Waals surface area contributed by atoms with Gasteiger partial charge >= 0.3 is 5.97 Å². The number of aromatic carboxylic acids is 1. The van der Waals surface area contributed by atoms with Crippen LogP contribution in [0.1, 0.15) is 16.2 Å². The summed E-state index contributed by atoms with van der Waals surface area (Å²) in [6.07, 6.45) is 1.74. The number of fused-ring (bicyclic) bond motifs is 1. The van der Waals surface area contributed by atoms with E-state index in [1.165, 1.54) is 6.07 Å². The number of H-pyrrole nitrogens is 1. The van der Waals surface area contributed by atoms with Gasteiger partial charge in [0.1, 0.15) is 12.4 Å². The highest BCUT2D eigenvalue weighted by molar-refractivity contribution is 5.85. The third kappa shape index (κ3) is 2.44. The number of aromatic amines is 1. The first-order valence-corrected chi connectivity index (χ1v) is 5.97. The Labute approximate surface area is 114 Å². The number of pyridine rings is 1. The highest BCUT2D eigenvalue weighted by atomic mass is 16.5. The number of nitrogens with one attached hydrogen (secondary N) is 1. The smallest absolute Gasteiger partial charge is 0.356 e. The summed E-state index contributed by atoms with van der Waals surface area (Å²) in [6, 6.07) is 10.8. The van der Waals surface area contributed by atoms with Crippen molar-refractivity contribution >= 4 is 16.9 Å². The van der Waals surface area contributed by atoms with Crippen LogP contribution in [0.15, 0.2) is 42.6 Å². The van der Waals surface area contributed by atoms with Crippen LogP contribution >= 0.6 is 0 Å². The number of ether oxygens (including phenoxy) is 1. The number of nitrogens with zero attached hydrogens (tertiary/aromatic N) is 2. The molecule has 2 N–H and O–H groups in total. The Morgan fingerprint density at radius 3 is 3.00 bits per heavy atom. The standard InChI is InChI=1S/C14H11N3O3/c18-14(19)13-7-10(16-17-13)8-20-11-3-4-12-9(6-11)2-1-5-15-12/h1-7H,8H2,(H,16,17)(H,18,19). The SMILES string of the molecule is O=C(O)c1cc(COc2ccc3ncccc3c2)[nH]n1.